The van der Waals surface area contributed by atoms with Crippen molar-refractivity contribution in [3.05, 3.63) is 33.8 Å². The Morgan fingerprint density at radius 3 is 2.71 bits per heavy atom. The first-order chi connectivity index (χ1) is 9.87. The molecule has 1 atom stereocenters. The van der Waals surface area contributed by atoms with E-state index in [2.05, 4.69) is 5.32 Å². The standard InChI is InChI=1S/C15H18Cl2N2O2/c1-3-15(2)14(21)19(8-7-12(20)18-15)9-10-5-4-6-11(16)13(10)17/h4-6H,3,7-9H2,1-2H3,(H,18,20). The molecule has 0 radical (unpaired) electrons. The molecule has 2 amide bonds. The van der Waals surface area contributed by atoms with Crippen LogP contribution in [0, 0.1) is 0 Å². The lowest BCUT2D eigenvalue weighted by Crippen LogP contribution is -2.54. The zero-order valence-electron chi connectivity index (χ0n) is 12.1. The predicted molar refractivity (Wildman–Crippen MR) is 83.3 cm³/mol. The number of carbonyl (C=O) groups excluding carboxylic acids is 2. The molecule has 0 saturated carbocycles. The summed E-state index contributed by atoms with van der Waals surface area (Å²) in [5, 5.41) is 3.72. The molecule has 1 aromatic carbocycles. The minimum absolute atomic E-state index is 0.0908. The van der Waals surface area contributed by atoms with Gasteiger partial charge in [0.15, 0.2) is 0 Å². The average molecular weight is 329 g/mol. The molecule has 1 saturated heterocycles. The Morgan fingerprint density at radius 2 is 2.05 bits per heavy atom. The quantitative estimate of drug-likeness (QED) is 0.927. The highest BCUT2D eigenvalue weighted by molar-refractivity contribution is 6.42. The molecule has 1 fully saturated rings. The van der Waals surface area contributed by atoms with Crippen LogP contribution in [-0.4, -0.2) is 28.8 Å². The number of amides is 2. The first-order valence-corrected chi connectivity index (χ1v) is 7.66. The van der Waals surface area contributed by atoms with E-state index in [1.807, 2.05) is 13.0 Å². The number of hydrogen-bond acceptors (Lipinski definition) is 2. The van der Waals surface area contributed by atoms with Crippen LogP contribution in [0.25, 0.3) is 0 Å². The number of rotatable bonds is 3. The van der Waals surface area contributed by atoms with Crippen LogP contribution in [0.3, 0.4) is 0 Å². The maximum absolute atomic E-state index is 12.7. The maximum atomic E-state index is 12.7. The molecule has 1 unspecified atom stereocenters. The van der Waals surface area contributed by atoms with Crippen LogP contribution in [0.4, 0.5) is 0 Å². The van der Waals surface area contributed by atoms with Gasteiger partial charge in [0.05, 0.1) is 10.0 Å². The third-order valence-corrected chi connectivity index (χ3v) is 4.74. The van der Waals surface area contributed by atoms with E-state index in [-0.39, 0.29) is 11.8 Å². The van der Waals surface area contributed by atoms with E-state index in [0.717, 1.165) is 5.56 Å². The molecule has 1 aliphatic heterocycles. The molecule has 6 heteroatoms. The molecule has 0 spiro atoms. The molecular weight excluding hydrogens is 311 g/mol. The van der Waals surface area contributed by atoms with E-state index in [1.165, 1.54) is 0 Å². The first-order valence-electron chi connectivity index (χ1n) is 6.90. The van der Waals surface area contributed by atoms with Crippen LogP contribution in [0.15, 0.2) is 18.2 Å². The van der Waals surface area contributed by atoms with Gasteiger partial charge in [-0.2, -0.15) is 0 Å². The Kier molecular flexibility index (Phi) is 4.79. The summed E-state index contributed by atoms with van der Waals surface area (Å²) in [6.45, 7) is 4.37. The molecule has 0 aliphatic carbocycles. The molecule has 1 aromatic rings. The summed E-state index contributed by atoms with van der Waals surface area (Å²) < 4.78 is 0. The molecule has 1 aliphatic rings. The second-order valence-electron chi connectivity index (χ2n) is 5.42. The Balaban J connectivity index is 2.28. The van der Waals surface area contributed by atoms with Gasteiger partial charge >= 0.3 is 0 Å². The van der Waals surface area contributed by atoms with Crippen molar-refractivity contribution >= 4 is 35.0 Å². The van der Waals surface area contributed by atoms with E-state index < -0.39 is 5.54 Å². The summed E-state index contributed by atoms with van der Waals surface area (Å²) in [5.74, 6) is -0.195. The van der Waals surface area contributed by atoms with Gasteiger partial charge in [-0.3, -0.25) is 9.59 Å². The molecule has 4 nitrogen and oxygen atoms in total. The van der Waals surface area contributed by atoms with E-state index in [4.69, 9.17) is 23.2 Å². The molecule has 1 heterocycles. The van der Waals surface area contributed by atoms with Gasteiger partial charge in [-0.25, -0.2) is 0 Å². The highest BCUT2D eigenvalue weighted by Gasteiger charge is 2.39. The Labute approximate surface area is 134 Å². The van der Waals surface area contributed by atoms with Crippen LogP contribution in [-0.2, 0) is 16.1 Å². The highest BCUT2D eigenvalue weighted by atomic mass is 35.5. The number of nitrogens with one attached hydrogen (secondary N) is 1. The number of nitrogens with zero attached hydrogens (tertiary/aromatic N) is 1. The third-order valence-electron chi connectivity index (χ3n) is 3.88. The molecule has 0 bridgehead atoms. The van der Waals surface area contributed by atoms with E-state index in [0.29, 0.717) is 36.0 Å². The minimum Gasteiger partial charge on any atom is -0.342 e. The smallest absolute Gasteiger partial charge is 0.248 e. The molecular formula is C15H18Cl2N2O2. The van der Waals surface area contributed by atoms with Crippen molar-refractivity contribution in [2.24, 2.45) is 0 Å². The van der Waals surface area contributed by atoms with Gasteiger partial charge in [0, 0.05) is 19.5 Å². The van der Waals surface area contributed by atoms with Crippen LogP contribution < -0.4 is 5.32 Å². The number of hydrogen-bond donors (Lipinski definition) is 1. The number of benzene rings is 1. The summed E-state index contributed by atoms with van der Waals surface area (Å²) in [6.07, 6.45) is 0.830. The summed E-state index contributed by atoms with van der Waals surface area (Å²) in [4.78, 5) is 26.1. The fourth-order valence-corrected chi connectivity index (χ4v) is 2.76. The predicted octanol–water partition coefficient (Wildman–Crippen LogP) is 3.01. The lowest BCUT2D eigenvalue weighted by Gasteiger charge is -2.31. The van der Waals surface area contributed by atoms with Gasteiger partial charge in [-0.1, -0.05) is 42.3 Å². The largest absolute Gasteiger partial charge is 0.342 e. The third kappa shape index (κ3) is 3.33. The lowest BCUT2D eigenvalue weighted by atomic mass is 9.97. The van der Waals surface area contributed by atoms with Gasteiger partial charge in [-0.15, -0.1) is 0 Å². The Bertz CT molecular complexity index is 577. The van der Waals surface area contributed by atoms with Crippen molar-refractivity contribution in [1.82, 2.24) is 10.2 Å². The topological polar surface area (TPSA) is 49.4 Å². The normalized spacial score (nSPS) is 23.0. The van der Waals surface area contributed by atoms with Crippen LogP contribution in [0.1, 0.15) is 32.3 Å². The SMILES string of the molecule is CCC1(C)NC(=O)CCN(Cc2cccc(Cl)c2Cl)C1=O. The van der Waals surface area contributed by atoms with Crippen molar-refractivity contribution in [3.8, 4) is 0 Å². The zero-order chi connectivity index (χ0) is 15.6. The molecule has 0 aromatic heterocycles. The van der Waals surface area contributed by atoms with Crippen LogP contribution in [0.5, 0.6) is 0 Å². The fraction of sp³-hybridized carbons (Fsp3) is 0.467. The van der Waals surface area contributed by atoms with Crippen molar-refractivity contribution in [3.63, 3.8) is 0 Å². The average Bonchev–Trinajstić information content (AvgIpc) is 2.56. The second kappa shape index (κ2) is 6.24. The van der Waals surface area contributed by atoms with Gasteiger partial charge in [0.1, 0.15) is 5.54 Å². The van der Waals surface area contributed by atoms with Crippen molar-refractivity contribution in [1.29, 1.82) is 0 Å². The van der Waals surface area contributed by atoms with Crippen molar-refractivity contribution in [2.45, 2.75) is 38.8 Å². The summed E-state index contributed by atoms with van der Waals surface area (Å²) in [7, 11) is 0. The number of halogens is 2. The van der Waals surface area contributed by atoms with E-state index in [1.54, 1.807) is 24.0 Å². The van der Waals surface area contributed by atoms with E-state index >= 15 is 0 Å². The first kappa shape index (κ1) is 16.1. The maximum Gasteiger partial charge on any atom is 0.248 e. The van der Waals surface area contributed by atoms with Crippen molar-refractivity contribution < 1.29 is 9.59 Å². The van der Waals surface area contributed by atoms with Gasteiger partial charge in [-0.05, 0) is 25.0 Å². The van der Waals surface area contributed by atoms with Gasteiger partial charge in [0.25, 0.3) is 0 Å². The van der Waals surface area contributed by atoms with Gasteiger partial charge < -0.3 is 10.2 Å². The highest BCUT2D eigenvalue weighted by Crippen LogP contribution is 2.28. The fourth-order valence-electron chi connectivity index (χ4n) is 2.38. The second-order valence-corrected chi connectivity index (χ2v) is 6.21. The number of carbonyl (C=O) groups is 2. The van der Waals surface area contributed by atoms with Crippen LogP contribution in [0.2, 0.25) is 10.0 Å². The summed E-state index contributed by atoms with van der Waals surface area (Å²) in [5.41, 5.74) is -0.0798. The van der Waals surface area contributed by atoms with Gasteiger partial charge in [0.2, 0.25) is 11.8 Å². The molecule has 114 valence electrons. The minimum atomic E-state index is -0.862. The summed E-state index contributed by atoms with van der Waals surface area (Å²) >= 11 is 12.2. The lowest BCUT2D eigenvalue weighted by molar-refractivity contribution is -0.138. The zero-order valence-corrected chi connectivity index (χ0v) is 13.6. The van der Waals surface area contributed by atoms with Crippen molar-refractivity contribution in [2.75, 3.05) is 6.54 Å². The van der Waals surface area contributed by atoms with Crippen LogP contribution >= 0.6 is 23.2 Å². The Morgan fingerprint density at radius 1 is 1.33 bits per heavy atom. The monoisotopic (exact) mass is 328 g/mol. The summed E-state index contributed by atoms with van der Waals surface area (Å²) in [6, 6.07) is 5.35. The van der Waals surface area contributed by atoms with E-state index in [9.17, 15) is 9.59 Å². The molecule has 21 heavy (non-hydrogen) atoms. The molecule has 2 rings (SSSR count). The Hall–Kier alpha value is -1.26. The molecule has 1 N–H and O–H groups in total.